The molecule has 1 aromatic rings. The number of hydrogen-bond acceptors (Lipinski definition) is 2. The molecular formula is C7H10N2O. The van der Waals surface area contributed by atoms with E-state index in [1.165, 1.54) is 0 Å². The van der Waals surface area contributed by atoms with E-state index in [2.05, 4.69) is 4.99 Å². The predicted molar refractivity (Wildman–Crippen MR) is 40.1 cm³/mol. The Balaban J connectivity index is 3.05. The van der Waals surface area contributed by atoms with Gasteiger partial charge >= 0.3 is 0 Å². The SMILES string of the molecule is CN=C(N)c1ccoc1C. The Morgan fingerprint density at radius 2 is 2.40 bits per heavy atom. The van der Waals surface area contributed by atoms with Gasteiger partial charge in [0, 0.05) is 7.05 Å². The van der Waals surface area contributed by atoms with Crippen molar-refractivity contribution in [1.29, 1.82) is 0 Å². The molecule has 3 heteroatoms. The van der Waals surface area contributed by atoms with E-state index in [0.717, 1.165) is 11.3 Å². The Morgan fingerprint density at radius 3 is 2.80 bits per heavy atom. The summed E-state index contributed by atoms with van der Waals surface area (Å²) in [4.78, 5) is 3.83. The maximum absolute atomic E-state index is 5.53. The summed E-state index contributed by atoms with van der Waals surface area (Å²) in [6.07, 6.45) is 1.60. The van der Waals surface area contributed by atoms with Crippen molar-refractivity contribution in [3.05, 3.63) is 23.7 Å². The van der Waals surface area contributed by atoms with Crippen molar-refractivity contribution in [3.63, 3.8) is 0 Å². The number of aliphatic imine (C=N–C) groups is 1. The van der Waals surface area contributed by atoms with Crippen LogP contribution >= 0.6 is 0 Å². The van der Waals surface area contributed by atoms with Gasteiger partial charge in [0.05, 0.1) is 11.8 Å². The Kier molecular flexibility index (Phi) is 1.76. The highest BCUT2D eigenvalue weighted by Crippen LogP contribution is 2.07. The Morgan fingerprint density at radius 1 is 1.70 bits per heavy atom. The fourth-order valence-corrected chi connectivity index (χ4v) is 0.771. The van der Waals surface area contributed by atoms with Crippen LogP contribution in [0.25, 0.3) is 0 Å². The highest BCUT2D eigenvalue weighted by Gasteiger charge is 2.02. The van der Waals surface area contributed by atoms with Gasteiger partial charge in [0.1, 0.15) is 11.6 Å². The van der Waals surface area contributed by atoms with Crippen molar-refractivity contribution < 1.29 is 4.42 Å². The zero-order chi connectivity index (χ0) is 7.56. The summed E-state index contributed by atoms with van der Waals surface area (Å²) in [6.45, 7) is 1.85. The van der Waals surface area contributed by atoms with Crippen molar-refractivity contribution >= 4 is 5.84 Å². The van der Waals surface area contributed by atoms with Gasteiger partial charge in [-0.1, -0.05) is 0 Å². The lowest BCUT2D eigenvalue weighted by Gasteiger charge is -1.93. The molecule has 1 rings (SSSR count). The van der Waals surface area contributed by atoms with Crippen LogP contribution in [0.5, 0.6) is 0 Å². The standard InChI is InChI=1S/C7H10N2O/c1-5-6(3-4-10-5)7(8)9-2/h3-4H,1-2H3,(H2,8,9). The number of amidine groups is 1. The molecule has 0 aliphatic heterocycles. The maximum Gasteiger partial charge on any atom is 0.128 e. The molecule has 0 fully saturated rings. The third-order valence-corrected chi connectivity index (χ3v) is 1.38. The van der Waals surface area contributed by atoms with E-state index in [0.29, 0.717) is 5.84 Å². The molecule has 0 amide bonds. The lowest BCUT2D eigenvalue weighted by Crippen LogP contribution is -2.12. The maximum atomic E-state index is 5.53. The molecule has 0 atom stereocenters. The molecule has 1 aromatic heterocycles. The second-order valence-corrected chi connectivity index (χ2v) is 2.00. The first-order valence-electron chi connectivity index (χ1n) is 3.02. The summed E-state index contributed by atoms with van der Waals surface area (Å²) >= 11 is 0. The van der Waals surface area contributed by atoms with Gasteiger partial charge in [-0.05, 0) is 13.0 Å². The lowest BCUT2D eigenvalue weighted by molar-refractivity contribution is 0.533. The number of nitrogens with two attached hydrogens (primary N) is 1. The smallest absolute Gasteiger partial charge is 0.128 e. The second-order valence-electron chi connectivity index (χ2n) is 2.00. The van der Waals surface area contributed by atoms with Gasteiger partial charge in [-0.15, -0.1) is 0 Å². The summed E-state index contributed by atoms with van der Waals surface area (Å²) in [5.74, 6) is 1.33. The zero-order valence-corrected chi connectivity index (χ0v) is 6.09. The highest BCUT2D eigenvalue weighted by atomic mass is 16.3. The number of rotatable bonds is 1. The summed E-state index contributed by atoms with van der Waals surface area (Å²) in [6, 6.07) is 1.80. The van der Waals surface area contributed by atoms with Gasteiger partial charge in [0.25, 0.3) is 0 Å². The van der Waals surface area contributed by atoms with Gasteiger partial charge in [0.15, 0.2) is 0 Å². The predicted octanol–water partition coefficient (Wildman–Crippen LogP) is 0.923. The molecule has 1 heterocycles. The monoisotopic (exact) mass is 138 g/mol. The van der Waals surface area contributed by atoms with E-state index >= 15 is 0 Å². The minimum absolute atomic E-state index is 0.520. The van der Waals surface area contributed by atoms with Gasteiger partial charge in [-0.3, -0.25) is 4.99 Å². The van der Waals surface area contributed by atoms with E-state index in [-0.39, 0.29) is 0 Å². The molecule has 0 spiro atoms. The fraction of sp³-hybridized carbons (Fsp3) is 0.286. The summed E-state index contributed by atoms with van der Waals surface area (Å²) in [7, 11) is 1.65. The van der Waals surface area contributed by atoms with Crippen LogP contribution in [-0.2, 0) is 0 Å². The van der Waals surface area contributed by atoms with Gasteiger partial charge in [-0.2, -0.15) is 0 Å². The van der Waals surface area contributed by atoms with Crippen LogP contribution < -0.4 is 5.73 Å². The molecule has 0 saturated carbocycles. The average Bonchev–Trinajstić information content (AvgIpc) is 2.34. The summed E-state index contributed by atoms with van der Waals surface area (Å²) < 4.78 is 5.03. The summed E-state index contributed by atoms with van der Waals surface area (Å²) in [5.41, 5.74) is 6.41. The molecule has 10 heavy (non-hydrogen) atoms. The minimum Gasteiger partial charge on any atom is -0.469 e. The summed E-state index contributed by atoms with van der Waals surface area (Å²) in [5, 5.41) is 0. The van der Waals surface area contributed by atoms with Crippen molar-refractivity contribution in [3.8, 4) is 0 Å². The van der Waals surface area contributed by atoms with Crippen LogP contribution in [0.1, 0.15) is 11.3 Å². The normalized spacial score (nSPS) is 12.0. The van der Waals surface area contributed by atoms with E-state index in [1.807, 2.05) is 6.92 Å². The molecule has 0 unspecified atom stereocenters. The second kappa shape index (κ2) is 2.56. The fourth-order valence-electron chi connectivity index (χ4n) is 0.771. The first-order chi connectivity index (χ1) is 4.75. The van der Waals surface area contributed by atoms with E-state index < -0.39 is 0 Å². The van der Waals surface area contributed by atoms with Crippen molar-refractivity contribution in [1.82, 2.24) is 0 Å². The Labute approximate surface area is 59.6 Å². The molecule has 0 radical (unpaired) electrons. The number of furan rings is 1. The minimum atomic E-state index is 0.520. The van der Waals surface area contributed by atoms with Gasteiger partial charge < -0.3 is 10.2 Å². The van der Waals surface area contributed by atoms with Crippen molar-refractivity contribution in [2.24, 2.45) is 10.7 Å². The van der Waals surface area contributed by atoms with Crippen LogP contribution in [-0.4, -0.2) is 12.9 Å². The molecular weight excluding hydrogens is 128 g/mol. The third-order valence-electron chi connectivity index (χ3n) is 1.38. The van der Waals surface area contributed by atoms with Gasteiger partial charge in [0.2, 0.25) is 0 Å². The van der Waals surface area contributed by atoms with Crippen LogP contribution in [0.3, 0.4) is 0 Å². The van der Waals surface area contributed by atoms with E-state index in [4.69, 9.17) is 10.2 Å². The third kappa shape index (κ3) is 1.03. The van der Waals surface area contributed by atoms with Gasteiger partial charge in [-0.25, -0.2) is 0 Å². The van der Waals surface area contributed by atoms with Crippen LogP contribution in [0, 0.1) is 6.92 Å². The van der Waals surface area contributed by atoms with Crippen molar-refractivity contribution in [2.45, 2.75) is 6.92 Å². The largest absolute Gasteiger partial charge is 0.469 e. The average molecular weight is 138 g/mol. The van der Waals surface area contributed by atoms with Crippen LogP contribution in [0.15, 0.2) is 21.7 Å². The van der Waals surface area contributed by atoms with Crippen LogP contribution in [0.4, 0.5) is 0 Å². The molecule has 0 saturated heterocycles. The first kappa shape index (κ1) is 6.86. The number of hydrogen-bond donors (Lipinski definition) is 1. The Bertz CT molecular complexity index is 250. The molecule has 0 bridgehead atoms. The number of nitrogens with zero attached hydrogens (tertiary/aromatic N) is 1. The topological polar surface area (TPSA) is 51.5 Å². The van der Waals surface area contributed by atoms with E-state index in [1.54, 1.807) is 19.4 Å². The molecule has 0 aromatic carbocycles. The molecule has 54 valence electrons. The molecule has 0 aliphatic rings. The highest BCUT2D eigenvalue weighted by molar-refractivity contribution is 5.98. The zero-order valence-electron chi connectivity index (χ0n) is 6.09. The van der Waals surface area contributed by atoms with Crippen molar-refractivity contribution in [2.75, 3.05) is 7.05 Å². The molecule has 3 nitrogen and oxygen atoms in total. The first-order valence-corrected chi connectivity index (χ1v) is 3.02. The van der Waals surface area contributed by atoms with Crippen LogP contribution in [0.2, 0.25) is 0 Å². The molecule has 2 N–H and O–H groups in total. The molecule has 0 aliphatic carbocycles. The Hall–Kier alpha value is -1.25. The van der Waals surface area contributed by atoms with E-state index in [9.17, 15) is 0 Å². The number of aryl methyl sites for hydroxylation is 1. The lowest BCUT2D eigenvalue weighted by atomic mass is 10.2. The quantitative estimate of drug-likeness (QED) is 0.463.